The van der Waals surface area contributed by atoms with E-state index in [-0.39, 0.29) is 0 Å². The van der Waals surface area contributed by atoms with Gasteiger partial charge in [-0.3, -0.25) is 0 Å². The van der Waals surface area contributed by atoms with E-state index in [4.69, 9.17) is 4.74 Å². The molecule has 0 saturated heterocycles. The van der Waals surface area contributed by atoms with Crippen LogP contribution in [0.15, 0.2) is 75.8 Å². The predicted octanol–water partition coefficient (Wildman–Crippen LogP) is 6.68. The van der Waals surface area contributed by atoms with Crippen LogP contribution in [0.5, 0.6) is 5.75 Å². The molecule has 0 spiro atoms. The number of hydrogen-bond donors (Lipinski definition) is 0. The van der Waals surface area contributed by atoms with Gasteiger partial charge in [-0.05, 0) is 36.2 Å². The van der Waals surface area contributed by atoms with E-state index in [9.17, 15) is 0 Å². The summed E-state index contributed by atoms with van der Waals surface area (Å²) in [6.07, 6.45) is 2.62. The first-order chi connectivity index (χ1) is 13.3. The molecule has 0 aliphatic rings. The molecular formula is C21H17BrN2OS2. The third-order valence-electron chi connectivity index (χ3n) is 4.03. The van der Waals surface area contributed by atoms with Gasteiger partial charge in [0.1, 0.15) is 21.9 Å². The SMILES string of the molecule is Brc1ccc(-c2csc3ncnc(SCCCOc4ccccc4)c23)cc1. The lowest BCUT2D eigenvalue weighted by Gasteiger charge is -2.07. The Bertz CT molecular complexity index is 1020. The maximum atomic E-state index is 5.77. The number of aromatic nitrogens is 2. The summed E-state index contributed by atoms with van der Waals surface area (Å²) in [5.74, 6) is 1.87. The van der Waals surface area contributed by atoms with Crippen molar-refractivity contribution in [1.29, 1.82) is 0 Å². The van der Waals surface area contributed by atoms with Crippen LogP contribution in [-0.4, -0.2) is 22.3 Å². The smallest absolute Gasteiger partial charge is 0.128 e. The maximum Gasteiger partial charge on any atom is 0.128 e. The number of fused-ring (bicyclic) bond motifs is 1. The number of para-hydroxylation sites is 1. The molecule has 3 nitrogen and oxygen atoms in total. The van der Waals surface area contributed by atoms with Gasteiger partial charge in [-0.1, -0.05) is 46.3 Å². The Labute approximate surface area is 175 Å². The van der Waals surface area contributed by atoms with Crippen LogP contribution in [0.1, 0.15) is 6.42 Å². The lowest BCUT2D eigenvalue weighted by Crippen LogP contribution is -1.98. The van der Waals surface area contributed by atoms with Crippen LogP contribution in [0.2, 0.25) is 0 Å². The molecular weight excluding hydrogens is 440 g/mol. The molecule has 2 heterocycles. The van der Waals surface area contributed by atoms with Gasteiger partial charge in [0.05, 0.1) is 12.0 Å². The van der Waals surface area contributed by atoms with Crippen molar-refractivity contribution in [1.82, 2.24) is 9.97 Å². The van der Waals surface area contributed by atoms with Gasteiger partial charge in [-0.15, -0.1) is 23.1 Å². The van der Waals surface area contributed by atoms with Crippen LogP contribution in [0.25, 0.3) is 21.3 Å². The molecule has 0 saturated carbocycles. The summed E-state index contributed by atoms with van der Waals surface area (Å²) in [6.45, 7) is 0.703. The molecule has 2 aromatic carbocycles. The average Bonchev–Trinajstić information content (AvgIpc) is 3.14. The fourth-order valence-corrected chi connectivity index (χ4v) is 4.91. The first-order valence-electron chi connectivity index (χ1n) is 8.60. The Morgan fingerprint density at radius 1 is 1.00 bits per heavy atom. The average molecular weight is 457 g/mol. The van der Waals surface area contributed by atoms with Gasteiger partial charge in [0.2, 0.25) is 0 Å². The molecule has 6 heteroatoms. The molecule has 0 aliphatic carbocycles. The van der Waals surface area contributed by atoms with Gasteiger partial charge < -0.3 is 4.74 Å². The fraction of sp³-hybridized carbons (Fsp3) is 0.143. The minimum absolute atomic E-state index is 0.703. The third kappa shape index (κ3) is 4.51. The number of nitrogens with zero attached hydrogens (tertiary/aromatic N) is 2. The number of hydrogen-bond acceptors (Lipinski definition) is 5. The summed E-state index contributed by atoms with van der Waals surface area (Å²) in [6, 6.07) is 18.3. The number of halogens is 1. The van der Waals surface area contributed by atoms with Gasteiger partial charge in [-0.25, -0.2) is 9.97 Å². The monoisotopic (exact) mass is 456 g/mol. The van der Waals surface area contributed by atoms with Crippen LogP contribution in [0.3, 0.4) is 0 Å². The minimum atomic E-state index is 0.703. The van der Waals surface area contributed by atoms with Gasteiger partial charge in [-0.2, -0.15) is 0 Å². The van der Waals surface area contributed by atoms with E-state index in [0.717, 1.165) is 37.6 Å². The third-order valence-corrected chi connectivity index (χ3v) is 6.52. The summed E-state index contributed by atoms with van der Waals surface area (Å²) >= 11 is 6.94. The van der Waals surface area contributed by atoms with E-state index in [2.05, 4.69) is 55.5 Å². The zero-order valence-electron chi connectivity index (χ0n) is 14.5. The van der Waals surface area contributed by atoms with Gasteiger partial charge in [0, 0.05) is 21.2 Å². The Morgan fingerprint density at radius 2 is 1.81 bits per heavy atom. The highest BCUT2D eigenvalue weighted by Gasteiger charge is 2.13. The van der Waals surface area contributed by atoms with Crippen LogP contribution in [-0.2, 0) is 0 Å². The molecule has 0 bridgehead atoms. The van der Waals surface area contributed by atoms with Crippen LogP contribution < -0.4 is 4.74 Å². The zero-order valence-corrected chi connectivity index (χ0v) is 17.7. The molecule has 136 valence electrons. The number of ether oxygens (including phenoxy) is 1. The molecule has 27 heavy (non-hydrogen) atoms. The Kier molecular flexibility index (Phi) is 6.07. The highest BCUT2D eigenvalue weighted by Crippen LogP contribution is 2.38. The van der Waals surface area contributed by atoms with Crippen LogP contribution in [0, 0.1) is 0 Å². The van der Waals surface area contributed by atoms with E-state index >= 15 is 0 Å². The molecule has 4 rings (SSSR count). The Balaban J connectivity index is 1.45. The molecule has 4 aromatic rings. The van der Waals surface area contributed by atoms with Crippen LogP contribution in [0.4, 0.5) is 0 Å². The van der Waals surface area contributed by atoms with Crippen molar-refractivity contribution in [2.45, 2.75) is 11.4 Å². The lowest BCUT2D eigenvalue weighted by molar-refractivity contribution is 0.318. The van der Waals surface area contributed by atoms with Crippen molar-refractivity contribution in [3.05, 3.63) is 70.8 Å². The number of rotatable bonds is 7. The van der Waals surface area contributed by atoms with E-state index in [1.54, 1.807) is 29.4 Å². The van der Waals surface area contributed by atoms with Crippen molar-refractivity contribution in [3.63, 3.8) is 0 Å². The minimum Gasteiger partial charge on any atom is -0.494 e. The number of thiophene rings is 1. The first kappa shape index (κ1) is 18.5. The van der Waals surface area contributed by atoms with E-state index in [1.165, 1.54) is 11.1 Å². The zero-order chi connectivity index (χ0) is 18.5. The molecule has 0 aliphatic heterocycles. The second-order valence-corrected chi connectivity index (χ2v) is 8.74. The molecule has 0 unspecified atom stereocenters. The standard InChI is InChI=1S/C21H17BrN2OS2/c22-16-9-7-15(8-10-16)18-13-27-21-19(18)20(23-14-24-21)26-12-4-11-25-17-5-2-1-3-6-17/h1-3,5-10,13-14H,4,11-12H2. The van der Waals surface area contributed by atoms with E-state index in [0.29, 0.717) is 6.61 Å². The van der Waals surface area contributed by atoms with Crippen molar-refractivity contribution in [2.75, 3.05) is 12.4 Å². The van der Waals surface area contributed by atoms with Gasteiger partial charge >= 0.3 is 0 Å². The number of thioether (sulfide) groups is 1. The summed E-state index contributed by atoms with van der Waals surface area (Å²) in [5, 5.41) is 4.36. The van der Waals surface area contributed by atoms with Crippen molar-refractivity contribution >= 4 is 49.2 Å². The molecule has 0 N–H and O–H groups in total. The van der Waals surface area contributed by atoms with Crippen LogP contribution >= 0.6 is 39.0 Å². The molecule has 0 atom stereocenters. The quantitative estimate of drug-likeness (QED) is 0.176. The van der Waals surface area contributed by atoms with Crippen molar-refractivity contribution in [3.8, 4) is 16.9 Å². The summed E-state index contributed by atoms with van der Waals surface area (Å²) in [5.41, 5.74) is 2.39. The topological polar surface area (TPSA) is 35.0 Å². The number of benzene rings is 2. The summed E-state index contributed by atoms with van der Waals surface area (Å²) in [4.78, 5) is 10.0. The normalized spacial score (nSPS) is 11.0. The first-order valence-corrected chi connectivity index (χ1v) is 11.3. The molecule has 0 radical (unpaired) electrons. The highest BCUT2D eigenvalue weighted by molar-refractivity contribution is 9.10. The largest absolute Gasteiger partial charge is 0.494 e. The highest BCUT2D eigenvalue weighted by atomic mass is 79.9. The second-order valence-electron chi connectivity index (χ2n) is 5.88. The lowest BCUT2D eigenvalue weighted by atomic mass is 10.1. The summed E-state index contributed by atoms with van der Waals surface area (Å²) in [7, 11) is 0. The predicted molar refractivity (Wildman–Crippen MR) is 118 cm³/mol. The Morgan fingerprint density at radius 3 is 2.63 bits per heavy atom. The van der Waals surface area contributed by atoms with Crippen molar-refractivity contribution in [2.24, 2.45) is 0 Å². The maximum absolute atomic E-state index is 5.77. The second kappa shape index (κ2) is 8.87. The Hall–Kier alpha value is -1.89. The molecule has 0 fully saturated rings. The fourth-order valence-electron chi connectivity index (χ4n) is 2.73. The van der Waals surface area contributed by atoms with Crippen molar-refractivity contribution < 1.29 is 4.74 Å². The summed E-state index contributed by atoms with van der Waals surface area (Å²) < 4.78 is 6.85. The molecule has 0 amide bonds. The molecule has 2 aromatic heterocycles. The van der Waals surface area contributed by atoms with Gasteiger partial charge in [0.15, 0.2) is 0 Å². The van der Waals surface area contributed by atoms with E-state index in [1.807, 2.05) is 30.3 Å². The van der Waals surface area contributed by atoms with E-state index < -0.39 is 0 Å². The van der Waals surface area contributed by atoms with Gasteiger partial charge in [0.25, 0.3) is 0 Å².